The highest BCUT2D eigenvalue weighted by Crippen LogP contribution is 2.18. The van der Waals surface area contributed by atoms with Crippen molar-refractivity contribution < 1.29 is 0 Å². The lowest BCUT2D eigenvalue weighted by atomic mass is 10.2. The number of nitrogens with zero attached hydrogens (tertiary/aromatic N) is 5. The van der Waals surface area contributed by atoms with Gasteiger partial charge in [-0.05, 0) is 24.3 Å². The average molecular weight is 269 g/mol. The first-order chi connectivity index (χ1) is 9.85. The molecule has 0 fully saturated rings. The number of aryl methyl sites for hydroxylation is 1. The molecule has 0 atom stereocenters. The summed E-state index contributed by atoms with van der Waals surface area (Å²) < 4.78 is 1.91. The van der Waals surface area contributed by atoms with E-state index in [9.17, 15) is 0 Å². The Morgan fingerprint density at radius 3 is 3.05 bits per heavy atom. The highest BCUT2D eigenvalue weighted by atomic mass is 15.5. The Labute approximate surface area is 116 Å². The first kappa shape index (κ1) is 12.3. The summed E-state index contributed by atoms with van der Waals surface area (Å²) in [5, 5.41) is 21.6. The fourth-order valence-electron chi connectivity index (χ4n) is 1.93. The van der Waals surface area contributed by atoms with Gasteiger partial charge in [-0.1, -0.05) is 12.1 Å². The van der Waals surface area contributed by atoms with Gasteiger partial charge < -0.3 is 5.32 Å². The molecule has 7 nitrogen and oxygen atoms in total. The number of aromatic nitrogens is 6. The van der Waals surface area contributed by atoms with E-state index in [0.717, 1.165) is 29.9 Å². The second-order valence-corrected chi connectivity index (χ2v) is 4.37. The molecule has 0 bridgehead atoms. The van der Waals surface area contributed by atoms with Gasteiger partial charge in [0.05, 0.1) is 6.20 Å². The molecule has 2 N–H and O–H groups in total. The summed E-state index contributed by atoms with van der Waals surface area (Å²) in [7, 11) is 0. The fourth-order valence-corrected chi connectivity index (χ4v) is 1.93. The van der Waals surface area contributed by atoms with Crippen molar-refractivity contribution in [3.05, 3.63) is 42.2 Å². The lowest BCUT2D eigenvalue weighted by Crippen LogP contribution is -1.99. The van der Waals surface area contributed by atoms with E-state index in [4.69, 9.17) is 0 Å². The van der Waals surface area contributed by atoms with Gasteiger partial charge in [-0.15, -0.1) is 10.2 Å². The predicted molar refractivity (Wildman–Crippen MR) is 74.8 cm³/mol. The molecule has 20 heavy (non-hydrogen) atoms. The van der Waals surface area contributed by atoms with Gasteiger partial charge >= 0.3 is 0 Å². The molecule has 0 aliphatic rings. The number of H-pyrrole nitrogens is 1. The molecule has 0 amide bonds. The number of tetrazole rings is 1. The van der Waals surface area contributed by atoms with E-state index in [1.165, 1.54) is 0 Å². The smallest absolute Gasteiger partial charge is 0.204 e. The van der Waals surface area contributed by atoms with E-state index in [2.05, 4.69) is 38.0 Å². The van der Waals surface area contributed by atoms with Crippen LogP contribution in [0.15, 0.2) is 36.7 Å². The van der Waals surface area contributed by atoms with Crippen LogP contribution in [0.1, 0.15) is 12.5 Å². The van der Waals surface area contributed by atoms with Crippen molar-refractivity contribution in [1.82, 2.24) is 30.4 Å². The van der Waals surface area contributed by atoms with Crippen molar-refractivity contribution in [1.29, 1.82) is 0 Å². The molecule has 0 saturated carbocycles. The highest BCUT2D eigenvalue weighted by Gasteiger charge is 2.04. The van der Waals surface area contributed by atoms with Crippen molar-refractivity contribution in [3.63, 3.8) is 0 Å². The van der Waals surface area contributed by atoms with E-state index in [-0.39, 0.29) is 0 Å². The third kappa shape index (κ3) is 2.66. The maximum absolute atomic E-state index is 4.25. The number of rotatable bonds is 5. The van der Waals surface area contributed by atoms with E-state index in [1.807, 2.05) is 41.3 Å². The highest BCUT2D eigenvalue weighted by molar-refractivity contribution is 5.61. The largest absolute Gasteiger partial charge is 0.381 e. The molecule has 0 unspecified atom stereocenters. The Morgan fingerprint density at radius 2 is 2.30 bits per heavy atom. The van der Waals surface area contributed by atoms with E-state index < -0.39 is 0 Å². The number of hydrogen-bond donors (Lipinski definition) is 2. The average Bonchev–Trinajstić information content (AvgIpc) is 3.17. The molecule has 0 radical (unpaired) electrons. The first-order valence-electron chi connectivity index (χ1n) is 6.44. The molecule has 2 heterocycles. The van der Waals surface area contributed by atoms with Crippen LogP contribution in [-0.4, -0.2) is 30.4 Å². The van der Waals surface area contributed by atoms with Crippen LogP contribution >= 0.6 is 0 Å². The maximum Gasteiger partial charge on any atom is 0.204 e. The monoisotopic (exact) mass is 269 g/mol. The van der Waals surface area contributed by atoms with Crippen molar-refractivity contribution in [2.24, 2.45) is 0 Å². The van der Waals surface area contributed by atoms with E-state index >= 15 is 0 Å². The van der Waals surface area contributed by atoms with Crippen LogP contribution in [0.25, 0.3) is 11.4 Å². The van der Waals surface area contributed by atoms with Gasteiger partial charge in [0.15, 0.2) is 0 Å². The maximum atomic E-state index is 4.25. The molecule has 7 heteroatoms. The summed E-state index contributed by atoms with van der Waals surface area (Å²) in [4.78, 5) is 0. The molecule has 0 aliphatic heterocycles. The second kappa shape index (κ2) is 5.52. The Bertz CT molecular complexity index is 672. The van der Waals surface area contributed by atoms with Crippen LogP contribution < -0.4 is 5.32 Å². The van der Waals surface area contributed by atoms with Crippen LogP contribution in [0.4, 0.5) is 5.69 Å². The normalized spacial score (nSPS) is 10.7. The number of aromatic amines is 1. The molecule has 3 aromatic rings. The molecule has 0 spiro atoms. The minimum absolute atomic E-state index is 0.590. The number of nitrogens with one attached hydrogen (secondary N) is 2. The fraction of sp³-hybridized carbons (Fsp3) is 0.231. The predicted octanol–water partition coefficient (Wildman–Crippen LogP) is 1.70. The Morgan fingerprint density at radius 1 is 1.35 bits per heavy atom. The summed E-state index contributed by atoms with van der Waals surface area (Å²) in [6.45, 7) is 3.68. The lowest BCUT2D eigenvalue weighted by Gasteiger charge is -2.05. The summed E-state index contributed by atoms with van der Waals surface area (Å²) in [5.41, 5.74) is 3.08. The minimum atomic E-state index is 0.590. The van der Waals surface area contributed by atoms with Gasteiger partial charge in [0, 0.05) is 36.1 Å². The summed E-state index contributed by atoms with van der Waals surface area (Å²) in [6, 6.07) is 7.91. The molecular formula is C13H15N7. The molecule has 0 aliphatic carbocycles. The van der Waals surface area contributed by atoms with Gasteiger partial charge in [-0.25, -0.2) is 0 Å². The number of benzene rings is 1. The van der Waals surface area contributed by atoms with Gasteiger partial charge in [0.1, 0.15) is 0 Å². The molecule has 1 aromatic carbocycles. The van der Waals surface area contributed by atoms with Gasteiger partial charge in [0.25, 0.3) is 0 Å². The lowest BCUT2D eigenvalue weighted by molar-refractivity contribution is 0.659. The van der Waals surface area contributed by atoms with Crippen molar-refractivity contribution >= 4 is 5.69 Å². The zero-order valence-electron chi connectivity index (χ0n) is 11.1. The van der Waals surface area contributed by atoms with Crippen LogP contribution in [-0.2, 0) is 13.1 Å². The molecule has 2 aromatic heterocycles. The Hall–Kier alpha value is -2.70. The van der Waals surface area contributed by atoms with Gasteiger partial charge in [-0.2, -0.15) is 10.3 Å². The van der Waals surface area contributed by atoms with Crippen molar-refractivity contribution in [3.8, 4) is 11.4 Å². The summed E-state index contributed by atoms with van der Waals surface area (Å²) in [6.07, 6.45) is 3.91. The zero-order valence-corrected chi connectivity index (χ0v) is 11.1. The molecule has 3 rings (SSSR count). The van der Waals surface area contributed by atoms with E-state index in [1.54, 1.807) is 0 Å². The summed E-state index contributed by atoms with van der Waals surface area (Å²) in [5.74, 6) is 0.590. The van der Waals surface area contributed by atoms with Crippen LogP contribution in [0.3, 0.4) is 0 Å². The SMILES string of the molecule is CCn1cc(CNc2cccc(-c3nn[nH]n3)c2)cn1. The third-order valence-corrected chi connectivity index (χ3v) is 2.97. The van der Waals surface area contributed by atoms with Gasteiger partial charge in [-0.3, -0.25) is 4.68 Å². The van der Waals surface area contributed by atoms with Crippen LogP contribution in [0, 0.1) is 0 Å². The van der Waals surface area contributed by atoms with E-state index in [0.29, 0.717) is 5.82 Å². The Kier molecular flexibility index (Phi) is 3.40. The quantitative estimate of drug-likeness (QED) is 0.736. The third-order valence-electron chi connectivity index (χ3n) is 2.97. The van der Waals surface area contributed by atoms with Crippen LogP contribution in [0.2, 0.25) is 0 Å². The minimum Gasteiger partial charge on any atom is -0.381 e. The number of hydrogen-bond acceptors (Lipinski definition) is 5. The summed E-state index contributed by atoms with van der Waals surface area (Å²) >= 11 is 0. The first-order valence-corrected chi connectivity index (χ1v) is 6.44. The molecule has 102 valence electrons. The number of anilines is 1. The molecule has 0 saturated heterocycles. The topological polar surface area (TPSA) is 84.3 Å². The second-order valence-electron chi connectivity index (χ2n) is 4.37. The van der Waals surface area contributed by atoms with Crippen molar-refractivity contribution in [2.45, 2.75) is 20.0 Å². The standard InChI is InChI=1S/C13H15N7/c1-2-20-9-10(8-15-20)7-14-12-5-3-4-11(6-12)13-16-18-19-17-13/h3-6,8-9,14H,2,7H2,1H3,(H,16,17,18,19). The molecular weight excluding hydrogens is 254 g/mol. The Balaban J connectivity index is 1.70. The van der Waals surface area contributed by atoms with Crippen LogP contribution in [0.5, 0.6) is 0 Å². The van der Waals surface area contributed by atoms with Crippen molar-refractivity contribution in [2.75, 3.05) is 5.32 Å². The van der Waals surface area contributed by atoms with Gasteiger partial charge in [0.2, 0.25) is 5.82 Å². The zero-order chi connectivity index (χ0) is 13.8.